The van der Waals surface area contributed by atoms with Crippen molar-refractivity contribution in [3.8, 4) is 0 Å². The quantitative estimate of drug-likeness (QED) is 0.595. The minimum absolute atomic E-state index is 0.0733. The summed E-state index contributed by atoms with van der Waals surface area (Å²) in [6.45, 7) is 8.38. The molecule has 0 aromatic carbocycles. The highest BCUT2D eigenvalue weighted by molar-refractivity contribution is 7.18. The Morgan fingerprint density at radius 3 is 2.89 bits per heavy atom. The van der Waals surface area contributed by atoms with Crippen LogP contribution in [0.1, 0.15) is 36.4 Å². The van der Waals surface area contributed by atoms with E-state index >= 15 is 0 Å². The first-order valence-corrected chi connectivity index (χ1v) is 7.16. The highest BCUT2D eigenvalue weighted by Crippen LogP contribution is 2.26. The van der Waals surface area contributed by atoms with Crippen molar-refractivity contribution in [2.45, 2.75) is 32.7 Å². The Morgan fingerprint density at radius 1 is 1.63 bits per heavy atom. The fourth-order valence-corrected chi connectivity index (χ4v) is 2.57. The van der Waals surface area contributed by atoms with Gasteiger partial charge in [-0.15, -0.1) is 6.58 Å². The molecule has 1 amide bonds. The van der Waals surface area contributed by atoms with E-state index < -0.39 is 0 Å². The third kappa shape index (κ3) is 4.55. The van der Waals surface area contributed by atoms with Crippen molar-refractivity contribution in [2.75, 3.05) is 24.6 Å². The first kappa shape index (κ1) is 15.5. The number of anilines is 2. The van der Waals surface area contributed by atoms with Gasteiger partial charge in [0.1, 0.15) is 10.7 Å². The number of nitrogens with two attached hydrogens (primary N) is 1. The first-order chi connectivity index (χ1) is 8.95. The van der Waals surface area contributed by atoms with Gasteiger partial charge in [0.25, 0.3) is 5.91 Å². The van der Waals surface area contributed by atoms with Gasteiger partial charge < -0.3 is 16.0 Å². The number of hydrogen-bond acceptors (Lipinski definition) is 5. The minimum Gasteiger partial charge on any atom is -0.382 e. The van der Waals surface area contributed by atoms with E-state index in [1.807, 2.05) is 19.9 Å². The van der Waals surface area contributed by atoms with Crippen molar-refractivity contribution < 1.29 is 4.79 Å². The van der Waals surface area contributed by atoms with Crippen molar-refractivity contribution >= 4 is 28.2 Å². The van der Waals surface area contributed by atoms with Crippen molar-refractivity contribution in [3.05, 3.63) is 17.5 Å². The predicted octanol–water partition coefficient (Wildman–Crippen LogP) is 2.58. The van der Waals surface area contributed by atoms with Crippen LogP contribution in [0.25, 0.3) is 0 Å². The molecular formula is C13H22N4OS. The number of carbonyl (C=O) groups is 1. The molecule has 0 aliphatic rings. The predicted molar refractivity (Wildman–Crippen MR) is 81.7 cm³/mol. The Hall–Kier alpha value is -1.56. The van der Waals surface area contributed by atoms with E-state index in [1.165, 1.54) is 11.3 Å². The highest BCUT2D eigenvalue weighted by Gasteiger charge is 2.19. The number of aromatic nitrogens is 1. The second-order valence-corrected chi connectivity index (χ2v) is 5.69. The van der Waals surface area contributed by atoms with E-state index in [0.717, 1.165) is 12.8 Å². The van der Waals surface area contributed by atoms with Crippen LogP contribution < -0.4 is 11.1 Å². The van der Waals surface area contributed by atoms with Crippen LogP contribution in [0.3, 0.4) is 0 Å². The largest absolute Gasteiger partial charge is 0.382 e. The van der Waals surface area contributed by atoms with Crippen molar-refractivity contribution in [2.24, 2.45) is 0 Å². The van der Waals surface area contributed by atoms with Crippen LogP contribution in [0.4, 0.5) is 10.9 Å². The Bertz CT molecular complexity index is 442. The monoisotopic (exact) mass is 282 g/mol. The van der Waals surface area contributed by atoms with Crippen molar-refractivity contribution in [3.63, 3.8) is 0 Å². The molecule has 0 radical (unpaired) electrons. The van der Waals surface area contributed by atoms with Crippen molar-refractivity contribution in [1.29, 1.82) is 0 Å². The molecule has 1 aromatic rings. The maximum Gasteiger partial charge on any atom is 0.267 e. The van der Waals surface area contributed by atoms with Crippen LogP contribution in [0.15, 0.2) is 12.7 Å². The molecule has 0 fully saturated rings. The van der Waals surface area contributed by atoms with Crippen LogP contribution in [0, 0.1) is 0 Å². The maximum absolute atomic E-state index is 12.2. The number of unbranched alkanes of at least 4 members (excludes halogenated alkanes) is 1. The Kier molecular flexibility index (Phi) is 5.82. The number of rotatable bonds is 7. The SMILES string of the molecule is C=CCCCN(C)C(=O)c1sc(NC(C)C)nc1N. The Balaban J connectivity index is 2.70. The third-order valence-corrected chi connectivity index (χ3v) is 3.50. The fraction of sp³-hybridized carbons (Fsp3) is 0.538. The lowest BCUT2D eigenvalue weighted by molar-refractivity contribution is 0.0799. The van der Waals surface area contributed by atoms with Gasteiger partial charge in [0, 0.05) is 19.6 Å². The van der Waals surface area contributed by atoms with Gasteiger partial charge in [-0.25, -0.2) is 4.98 Å². The normalized spacial score (nSPS) is 10.5. The molecule has 0 saturated heterocycles. The molecule has 0 unspecified atom stereocenters. The van der Waals surface area contributed by atoms with E-state index in [4.69, 9.17) is 5.73 Å². The van der Waals surface area contributed by atoms with E-state index in [9.17, 15) is 4.79 Å². The molecule has 0 saturated carbocycles. The summed E-state index contributed by atoms with van der Waals surface area (Å²) >= 11 is 1.30. The third-order valence-electron chi connectivity index (χ3n) is 2.51. The number of allylic oxidation sites excluding steroid dienone is 1. The Labute approximate surface area is 118 Å². The zero-order chi connectivity index (χ0) is 14.4. The number of thiazole rings is 1. The maximum atomic E-state index is 12.2. The molecule has 0 aliphatic heterocycles. The molecule has 1 rings (SSSR count). The molecule has 19 heavy (non-hydrogen) atoms. The lowest BCUT2D eigenvalue weighted by Gasteiger charge is -2.15. The summed E-state index contributed by atoms with van der Waals surface area (Å²) in [6.07, 6.45) is 3.65. The summed E-state index contributed by atoms with van der Waals surface area (Å²) in [4.78, 5) is 18.6. The number of amides is 1. The molecule has 6 heteroatoms. The summed E-state index contributed by atoms with van der Waals surface area (Å²) < 4.78 is 0. The molecule has 106 valence electrons. The lowest BCUT2D eigenvalue weighted by Crippen LogP contribution is -2.27. The number of nitrogen functional groups attached to an aromatic ring is 1. The van der Waals surface area contributed by atoms with Gasteiger partial charge in [0.2, 0.25) is 0 Å². The van der Waals surface area contributed by atoms with Gasteiger partial charge >= 0.3 is 0 Å². The molecule has 0 spiro atoms. The van der Waals surface area contributed by atoms with Gasteiger partial charge in [-0.3, -0.25) is 4.79 Å². The molecule has 0 aliphatic carbocycles. The van der Waals surface area contributed by atoms with Gasteiger partial charge in [-0.05, 0) is 26.7 Å². The molecule has 0 atom stereocenters. The van der Waals surface area contributed by atoms with Gasteiger partial charge in [0.05, 0.1) is 0 Å². The number of carbonyl (C=O) groups excluding carboxylic acids is 1. The molecule has 5 nitrogen and oxygen atoms in total. The molecule has 1 aromatic heterocycles. The standard InChI is InChI=1S/C13H22N4OS/c1-5-6-7-8-17(4)12(18)10-11(14)16-13(19-10)15-9(2)3/h5,9H,1,6-8,14H2,2-4H3,(H,15,16). The van der Waals surface area contributed by atoms with E-state index in [1.54, 1.807) is 11.9 Å². The lowest BCUT2D eigenvalue weighted by atomic mass is 10.3. The van der Waals surface area contributed by atoms with Crippen molar-refractivity contribution in [1.82, 2.24) is 9.88 Å². The summed E-state index contributed by atoms with van der Waals surface area (Å²) in [7, 11) is 1.78. The summed E-state index contributed by atoms with van der Waals surface area (Å²) in [5.74, 6) is 0.226. The average Bonchev–Trinajstić information content (AvgIpc) is 2.68. The fourth-order valence-electron chi connectivity index (χ4n) is 1.54. The second kappa shape index (κ2) is 7.13. The van der Waals surface area contributed by atoms with Crippen LogP contribution in [0.2, 0.25) is 0 Å². The molecule has 0 bridgehead atoms. The second-order valence-electron chi connectivity index (χ2n) is 4.69. The van der Waals surface area contributed by atoms with E-state index in [-0.39, 0.29) is 11.9 Å². The zero-order valence-corrected chi connectivity index (χ0v) is 12.6. The van der Waals surface area contributed by atoms with Crippen LogP contribution in [-0.2, 0) is 0 Å². The van der Waals surface area contributed by atoms with Gasteiger partial charge in [-0.1, -0.05) is 17.4 Å². The average molecular weight is 282 g/mol. The summed E-state index contributed by atoms with van der Waals surface area (Å²) in [5, 5.41) is 3.85. The van der Waals surface area contributed by atoms with Gasteiger partial charge in [0.15, 0.2) is 5.13 Å². The summed E-state index contributed by atoms with van der Waals surface area (Å²) in [6, 6.07) is 0.263. The van der Waals surface area contributed by atoms with Gasteiger partial charge in [-0.2, -0.15) is 0 Å². The number of hydrogen-bond donors (Lipinski definition) is 2. The van der Waals surface area contributed by atoms with E-state index in [2.05, 4.69) is 16.9 Å². The number of nitrogens with zero attached hydrogens (tertiary/aromatic N) is 2. The highest BCUT2D eigenvalue weighted by atomic mass is 32.1. The zero-order valence-electron chi connectivity index (χ0n) is 11.8. The smallest absolute Gasteiger partial charge is 0.267 e. The first-order valence-electron chi connectivity index (χ1n) is 6.35. The number of nitrogens with one attached hydrogen (secondary N) is 1. The van der Waals surface area contributed by atoms with Crippen LogP contribution in [0.5, 0.6) is 0 Å². The minimum atomic E-state index is -0.0733. The van der Waals surface area contributed by atoms with E-state index in [0.29, 0.717) is 22.4 Å². The van der Waals surface area contributed by atoms with Crippen LogP contribution in [-0.4, -0.2) is 35.4 Å². The van der Waals surface area contributed by atoms with Crippen LogP contribution >= 0.6 is 11.3 Å². The molecule has 1 heterocycles. The molecular weight excluding hydrogens is 260 g/mol. The summed E-state index contributed by atoms with van der Waals surface area (Å²) in [5.41, 5.74) is 5.81. The topological polar surface area (TPSA) is 71.2 Å². The molecule has 3 N–H and O–H groups in total. The Morgan fingerprint density at radius 2 is 2.32 bits per heavy atom.